The molecular formula is C20H27F3N4. The van der Waals surface area contributed by atoms with Crippen LogP contribution in [0.3, 0.4) is 0 Å². The summed E-state index contributed by atoms with van der Waals surface area (Å²) in [6.45, 7) is 10.1. The molecule has 0 bridgehead atoms. The van der Waals surface area contributed by atoms with Crippen LogP contribution in [0, 0.1) is 0 Å². The van der Waals surface area contributed by atoms with Crippen molar-refractivity contribution in [3.05, 3.63) is 66.8 Å². The number of hydrogen-bond acceptors (Lipinski definition) is 3. The highest BCUT2D eigenvalue weighted by Crippen LogP contribution is 2.33. The Morgan fingerprint density at radius 3 is 2.52 bits per heavy atom. The first-order chi connectivity index (χ1) is 12.8. The molecule has 7 heteroatoms. The first-order valence-electron chi connectivity index (χ1n) is 8.57. The lowest BCUT2D eigenvalue weighted by Gasteiger charge is -2.18. The second kappa shape index (κ2) is 9.85. The van der Waals surface area contributed by atoms with E-state index in [9.17, 15) is 13.2 Å². The Morgan fingerprint density at radius 1 is 1.33 bits per heavy atom. The highest BCUT2D eigenvalue weighted by molar-refractivity contribution is 5.68. The summed E-state index contributed by atoms with van der Waals surface area (Å²) in [6, 6.07) is 1.11. The van der Waals surface area contributed by atoms with Gasteiger partial charge in [0.05, 0.1) is 5.69 Å². The number of likely N-dealkylation sites (N-methyl/N-ethyl adjacent to an activating group) is 1. The Hall–Kier alpha value is -2.70. The Balaban J connectivity index is 0.00000176. The molecule has 0 aromatic carbocycles. The van der Waals surface area contributed by atoms with E-state index in [1.165, 1.54) is 0 Å². The standard InChI is InChI=1S/C18H23F3N4.C2H4/c1-5-15(22-3)9-8-13(2)25-17(18(19,20)21)11-16(23-25)14-7-6-10-24(4)12-14;1-2/h6-11,22H,5,12H2,1-4H3;1-2H2/b13-8+,15-9+;. The number of nitrogens with zero attached hydrogens (tertiary/aromatic N) is 3. The van der Waals surface area contributed by atoms with Crippen LogP contribution in [0.4, 0.5) is 13.2 Å². The van der Waals surface area contributed by atoms with Crippen LogP contribution in [0.15, 0.2) is 55.4 Å². The molecule has 0 amide bonds. The van der Waals surface area contributed by atoms with E-state index in [1.807, 2.05) is 25.1 Å². The molecule has 1 N–H and O–H groups in total. The Morgan fingerprint density at radius 2 is 2.00 bits per heavy atom. The van der Waals surface area contributed by atoms with Crippen LogP contribution < -0.4 is 5.32 Å². The molecule has 1 aromatic rings. The largest absolute Gasteiger partial charge is 0.433 e. The molecule has 2 heterocycles. The maximum atomic E-state index is 13.4. The zero-order valence-electron chi connectivity index (χ0n) is 16.3. The zero-order chi connectivity index (χ0) is 20.6. The average molecular weight is 380 g/mol. The van der Waals surface area contributed by atoms with Gasteiger partial charge in [0.1, 0.15) is 5.69 Å². The molecule has 0 spiro atoms. The van der Waals surface area contributed by atoms with E-state index in [2.05, 4.69) is 23.6 Å². The normalized spacial score (nSPS) is 15.2. The lowest BCUT2D eigenvalue weighted by Crippen LogP contribution is -2.16. The summed E-state index contributed by atoms with van der Waals surface area (Å²) in [4.78, 5) is 1.90. The summed E-state index contributed by atoms with van der Waals surface area (Å²) < 4.78 is 41.3. The summed E-state index contributed by atoms with van der Waals surface area (Å²) in [6.07, 6.45) is 5.17. The summed E-state index contributed by atoms with van der Waals surface area (Å²) >= 11 is 0. The van der Waals surface area contributed by atoms with Crippen LogP contribution in [0.1, 0.15) is 31.7 Å². The molecule has 0 unspecified atom stereocenters. The van der Waals surface area contributed by atoms with Gasteiger partial charge in [0.2, 0.25) is 0 Å². The van der Waals surface area contributed by atoms with E-state index in [0.29, 0.717) is 17.9 Å². The Bertz CT molecular complexity index is 746. The highest BCUT2D eigenvalue weighted by Gasteiger charge is 2.36. The summed E-state index contributed by atoms with van der Waals surface area (Å²) in [5, 5.41) is 7.22. The highest BCUT2D eigenvalue weighted by atomic mass is 19.4. The molecule has 1 aliphatic rings. The maximum absolute atomic E-state index is 13.4. The minimum Gasteiger partial charge on any atom is -0.391 e. The van der Waals surface area contributed by atoms with Crippen LogP contribution in [0.25, 0.3) is 11.3 Å². The number of rotatable bonds is 5. The smallest absolute Gasteiger partial charge is 0.391 e. The average Bonchev–Trinajstić information content (AvgIpc) is 3.10. The van der Waals surface area contributed by atoms with Crippen molar-refractivity contribution in [2.45, 2.75) is 26.4 Å². The van der Waals surface area contributed by atoms with Crippen molar-refractivity contribution in [1.29, 1.82) is 0 Å². The second-order valence-corrected chi connectivity index (χ2v) is 5.88. The van der Waals surface area contributed by atoms with E-state index in [-0.39, 0.29) is 0 Å². The van der Waals surface area contributed by atoms with Crippen LogP contribution in [-0.4, -0.2) is 35.3 Å². The minimum atomic E-state index is -4.47. The Kier molecular flexibility index (Phi) is 8.15. The van der Waals surface area contributed by atoms with Crippen molar-refractivity contribution in [2.24, 2.45) is 0 Å². The van der Waals surface area contributed by atoms with Gasteiger partial charge in [0.25, 0.3) is 0 Å². The quantitative estimate of drug-likeness (QED) is 0.581. The molecule has 2 rings (SSSR count). The molecule has 0 radical (unpaired) electrons. The van der Waals surface area contributed by atoms with E-state index < -0.39 is 11.9 Å². The molecule has 1 aliphatic heterocycles. The number of allylic oxidation sites excluding steroid dienone is 6. The van der Waals surface area contributed by atoms with Crippen LogP contribution in [0.5, 0.6) is 0 Å². The predicted octanol–water partition coefficient (Wildman–Crippen LogP) is 4.92. The fourth-order valence-corrected chi connectivity index (χ4v) is 2.53. The molecular weight excluding hydrogens is 353 g/mol. The number of nitrogens with one attached hydrogen (secondary N) is 1. The number of alkyl halides is 3. The van der Waals surface area contributed by atoms with Gasteiger partial charge in [0.15, 0.2) is 0 Å². The number of halogens is 3. The van der Waals surface area contributed by atoms with Gasteiger partial charge in [-0.05, 0) is 49.4 Å². The Labute approximate surface area is 159 Å². The zero-order valence-corrected chi connectivity index (χ0v) is 16.3. The third-order valence-corrected chi connectivity index (χ3v) is 3.95. The van der Waals surface area contributed by atoms with Gasteiger partial charge in [-0.25, -0.2) is 4.68 Å². The monoisotopic (exact) mass is 380 g/mol. The van der Waals surface area contributed by atoms with E-state index in [0.717, 1.165) is 28.4 Å². The first kappa shape index (κ1) is 22.3. The van der Waals surface area contributed by atoms with Crippen LogP contribution in [0.2, 0.25) is 0 Å². The van der Waals surface area contributed by atoms with Crippen LogP contribution in [-0.2, 0) is 6.18 Å². The van der Waals surface area contributed by atoms with Crippen LogP contribution >= 0.6 is 0 Å². The van der Waals surface area contributed by atoms with Crippen molar-refractivity contribution < 1.29 is 13.2 Å². The molecule has 0 fully saturated rings. The fraction of sp³-hybridized carbons (Fsp3) is 0.350. The maximum Gasteiger partial charge on any atom is 0.433 e. The van der Waals surface area contributed by atoms with Crippen molar-refractivity contribution in [3.63, 3.8) is 0 Å². The predicted molar refractivity (Wildman–Crippen MR) is 106 cm³/mol. The van der Waals surface area contributed by atoms with Gasteiger partial charge in [0, 0.05) is 32.0 Å². The first-order valence-corrected chi connectivity index (χ1v) is 8.57. The molecule has 0 saturated carbocycles. The summed E-state index contributed by atoms with van der Waals surface area (Å²) in [7, 11) is 3.65. The fourth-order valence-electron chi connectivity index (χ4n) is 2.53. The lowest BCUT2D eigenvalue weighted by atomic mass is 10.1. The number of hydrogen-bond donors (Lipinski definition) is 1. The summed E-state index contributed by atoms with van der Waals surface area (Å²) in [5.41, 5.74) is 1.65. The third-order valence-electron chi connectivity index (χ3n) is 3.95. The summed E-state index contributed by atoms with van der Waals surface area (Å²) in [5.74, 6) is 0. The van der Waals surface area contributed by atoms with Crippen molar-refractivity contribution >= 4 is 11.3 Å². The molecule has 0 aliphatic carbocycles. The van der Waals surface area contributed by atoms with Gasteiger partial charge >= 0.3 is 6.18 Å². The molecule has 1 aromatic heterocycles. The molecule has 148 valence electrons. The van der Waals surface area contributed by atoms with Gasteiger partial charge in [-0.15, -0.1) is 13.2 Å². The van der Waals surface area contributed by atoms with Crippen molar-refractivity contribution in [1.82, 2.24) is 20.0 Å². The minimum absolute atomic E-state index is 0.338. The molecule has 27 heavy (non-hydrogen) atoms. The molecule has 0 atom stereocenters. The van der Waals surface area contributed by atoms with E-state index in [4.69, 9.17) is 0 Å². The van der Waals surface area contributed by atoms with E-state index in [1.54, 1.807) is 38.3 Å². The van der Waals surface area contributed by atoms with Crippen molar-refractivity contribution in [3.8, 4) is 0 Å². The van der Waals surface area contributed by atoms with E-state index >= 15 is 0 Å². The lowest BCUT2D eigenvalue weighted by molar-refractivity contribution is -0.142. The topological polar surface area (TPSA) is 33.1 Å². The molecule has 4 nitrogen and oxygen atoms in total. The third kappa shape index (κ3) is 5.91. The second-order valence-electron chi connectivity index (χ2n) is 5.88. The van der Waals surface area contributed by atoms with Gasteiger partial charge in [-0.3, -0.25) is 0 Å². The van der Waals surface area contributed by atoms with Gasteiger partial charge < -0.3 is 10.2 Å². The van der Waals surface area contributed by atoms with Gasteiger partial charge in [-0.2, -0.15) is 18.3 Å². The number of aromatic nitrogens is 2. The SMILES string of the molecule is C=C.CC/C(=C\C=C(/C)n1nc(C2=CC=CN(C)C2)cc1C(F)(F)F)NC. The van der Waals surface area contributed by atoms with Gasteiger partial charge in [-0.1, -0.05) is 13.0 Å². The molecule has 0 saturated heterocycles. The van der Waals surface area contributed by atoms with Crippen molar-refractivity contribution in [2.75, 3.05) is 20.6 Å².